The van der Waals surface area contributed by atoms with Gasteiger partial charge in [-0.15, -0.1) is 11.3 Å². The summed E-state index contributed by atoms with van der Waals surface area (Å²) >= 11 is 1.31. The van der Waals surface area contributed by atoms with E-state index in [1.54, 1.807) is 17.0 Å². The third-order valence-corrected chi connectivity index (χ3v) is 5.90. The van der Waals surface area contributed by atoms with Gasteiger partial charge in [0.1, 0.15) is 11.5 Å². The second-order valence-corrected chi connectivity index (χ2v) is 7.97. The van der Waals surface area contributed by atoms with Crippen molar-refractivity contribution in [1.82, 2.24) is 15.0 Å². The molecular weight excluding hydrogens is 429 g/mol. The summed E-state index contributed by atoms with van der Waals surface area (Å²) in [6.07, 6.45) is 5.01. The van der Waals surface area contributed by atoms with Crippen LogP contribution >= 0.6 is 11.3 Å². The van der Waals surface area contributed by atoms with Gasteiger partial charge in [0.05, 0.1) is 17.5 Å². The Morgan fingerprint density at radius 2 is 2.00 bits per heavy atom. The van der Waals surface area contributed by atoms with E-state index in [-0.39, 0.29) is 23.1 Å². The summed E-state index contributed by atoms with van der Waals surface area (Å²) in [5.41, 5.74) is 3.62. The number of nitrogens with zero attached hydrogens (tertiary/aromatic N) is 4. The Morgan fingerprint density at radius 1 is 1.12 bits per heavy atom. The number of benzene rings is 2. The lowest BCUT2D eigenvalue weighted by molar-refractivity contribution is 0.0983. The number of halogens is 1. The molecule has 4 aromatic rings. The van der Waals surface area contributed by atoms with Gasteiger partial charge in [-0.2, -0.15) is 0 Å². The lowest BCUT2D eigenvalue weighted by Crippen LogP contribution is -2.29. The Labute approximate surface area is 186 Å². The van der Waals surface area contributed by atoms with Gasteiger partial charge in [0, 0.05) is 35.6 Å². The fourth-order valence-electron chi connectivity index (χ4n) is 3.59. The van der Waals surface area contributed by atoms with Gasteiger partial charge in [-0.25, -0.2) is 14.4 Å². The Hall–Kier alpha value is -3.98. The largest absolute Gasteiger partial charge is 0.308 e. The average Bonchev–Trinajstić information content (AvgIpc) is 3.46. The lowest BCUT2D eigenvalue weighted by atomic mass is 10.1. The zero-order chi connectivity index (χ0) is 22.1. The number of carbonyl (C=O) groups is 2. The second-order valence-electron chi connectivity index (χ2n) is 7.11. The van der Waals surface area contributed by atoms with Gasteiger partial charge in [-0.1, -0.05) is 18.2 Å². The van der Waals surface area contributed by atoms with Gasteiger partial charge in [0.25, 0.3) is 11.8 Å². The van der Waals surface area contributed by atoms with Gasteiger partial charge in [-0.05, 0) is 36.2 Å². The van der Waals surface area contributed by atoms with Crippen molar-refractivity contribution < 1.29 is 14.0 Å². The van der Waals surface area contributed by atoms with Crippen LogP contribution in [0.2, 0.25) is 0 Å². The van der Waals surface area contributed by atoms with Crippen molar-refractivity contribution in [1.29, 1.82) is 0 Å². The highest BCUT2D eigenvalue weighted by Crippen LogP contribution is 2.34. The third kappa shape index (κ3) is 3.74. The van der Waals surface area contributed by atoms with Gasteiger partial charge in [0.15, 0.2) is 5.13 Å². The monoisotopic (exact) mass is 445 g/mol. The van der Waals surface area contributed by atoms with Gasteiger partial charge in [-0.3, -0.25) is 19.9 Å². The van der Waals surface area contributed by atoms with E-state index in [9.17, 15) is 14.0 Å². The first kappa shape index (κ1) is 20.0. The van der Waals surface area contributed by atoms with Gasteiger partial charge >= 0.3 is 0 Å². The number of rotatable bonds is 4. The molecule has 1 aliphatic rings. The van der Waals surface area contributed by atoms with Crippen molar-refractivity contribution in [3.05, 3.63) is 89.1 Å². The summed E-state index contributed by atoms with van der Waals surface area (Å²) in [6.45, 7) is 0.489. The molecule has 0 saturated heterocycles. The number of thiazole rings is 1. The second kappa shape index (κ2) is 8.27. The standard InChI is InChI=1S/C23H16FN5O2S/c24-17-4-2-1-3-16(17)22(31)29-10-7-15-11-14(5-6-20(15)29)19-13-32-23(27-19)28-21(30)18-12-25-8-9-26-18/h1-6,8-9,11-13H,7,10H2,(H,27,28,30). The molecule has 2 aromatic carbocycles. The molecule has 2 amide bonds. The first-order chi connectivity index (χ1) is 15.6. The average molecular weight is 445 g/mol. The molecule has 32 heavy (non-hydrogen) atoms. The SMILES string of the molecule is O=C(Nc1nc(-c2ccc3c(c2)CCN3C(=O)c2ccccc2F)cs1)c1cnccn1. The van der Waals surface area contributed by atoms with Crippen LogP contribution in [0.15, 0.2) is 66.4 Å². The van der Waals surface area contributed by atoms with E-state index in [0.717, 1.165) is 16.8 Å². The van der Waals surface area contributed by atoms with E-state index < -0.39 is 5.82 Å². The highest BCUT2D eigenvalue weighted by molar-refractivity contribution is 7.14. The van der Waals surface area contributed by atoms with E-state index in [1.807, 2.05) is 23.6 Å². The fraction of sp³-hybridized carbons (Fsp3) is 0.0870. The normalized spacial score (nSPS) is 12.5. The molecule has 0 aliphatic carbocycles. The van der Waals surface area contributed by atoms with Crippen molar-refractivity contribution in [2.24, 2.45) is 0 Å². The maximum atomic E-state index is 14.1. The zero-order valence-corrected chi connectivity index (χ0v) is 17.5. The minimum Gasteiger partial charge on any atom is -0.308 e. The first-order valence-electron chi connectivity index (χ1n) is 9.83. The Bertz CT molecular complexity index is 1320. The molecule has 0 atom stereocenters. The number of carbonyl (C=O) groups excluding carboxylic acids is 2. The molecule has 0 bridgehead atoms. The molecule has 5 rings (SSSR count). The molecule has 1 aliphatic heterocycles. The van der Waals surface area contributed by atoms with Crippen molar-refractivity contribution in [2.45, 2.75) is 6.42 Å². The van der Waals surface area contributed by atoms with Gasteiger partial charge < -0.3 is 4.90 Å². The number of anilines is 2. The number of nitrogens with one attached hydrogen (secondary N) is 1. The number of fused-ring (bicyclic) bond motifs is 1. The fourth-order valence-corrected chi connectivity index (χ4v) is 4.31. The van der Waals surface area contributed by atoms with Crippen LogP contribution in [0.1, 0.15) is 26.4 Å². The molecule has 0 unspecified atom stereocenters. The maximum absolute atomic E-state index is 14.1. The van der Waals surface area contributed by atoms with E-state index in [0.29, 0.717) is 23.8 Å². The summed E-state index contributed by atoms with van der Waals surface area (Å²) in [7, 11) is 0. The number of hydrogen-bond donors (Lipinski definition) is 1. The number of amides is 2. The topological polar surface area (TPSA) is 88.1 Å². The van der Waals surface area contributed by atoms with Crippen molar-refractivity contribution in [2.75, 3.05) is 16.8 Å². The molecular formula is C23H16FN5O2S. The molecule has 158 valence electrons. The zero-order valence-electron chi connectivity index (χ0n) is 16.7. The summed E-state index contributed by atoms with van der Waals surface area (Å²) in [6, 6.07) is 11.7. The molecule has 0 saturated carbocycles. The summed E-state index contributed by atoms with van der Waals surface area (Å²) in [4.78, 5) is 39.0. The highest BCUT2D eigenvalue weighted by atomic mass is 32.1. The van der Waals surface area contributed by atoms with Crippen LogP contribution in [0.25, 0.3) is 11.3 Å². The minimum atomic E-state index is -0.527. The number of hydrogen-bond acceptors (Lipinski definition) is 6. The smallest absolute Gasteiger partial charge is 0.277 e. The molecule has 1 N–H and O–H groups in total. The van der Waals surface area contributed by atoms with Gasteiger partial charge in [0.2, 0.25) is 0 Å². The first-order valence-corrected chi connectivity index (χ1v) is 10.7. The molecule has 2 aromatic heterocycles. The molecule has 0 radical (unpaired) electrons. The summed E-state index contributed by atoms with van der Waals surface area (Å²) in [5.74, 6) is -1.26. The van der Waals surface area contributed by atoms with Crippen LogP contribution in [-0.2, 0) is 6.42 Å². The van der Waals surface area contributed by atoms with Crippen LogP contribution < -0.4 is 10.2 Å². The van der Waals surface area contributed by atoms with Crippen LogP contribution in [0.5, 0.6) is 0 Å². The van der Waals surface area contributed by atoms with Crippen LogP contribution in [0, 0.1) is 5.82 Å². The van der Waals surface area contributed by atoms with Crippen LogP contribution in [0.4, 0.5) is 15.2 Å². The Kier molecular flexibility index (Phi) is 5.16. The third-order valence-electron chi connectivity index (χ3n) is 5.14. The predicted octanol–water partition coefficient (Wildman–Crippen LogP) is 4.19. The predicted molar refractivity (Wildman–Crippen MR) is 119 cm³/mol. The quantitative estimate of drug-likeness (QED) is 0.509. The van der Waals surface area contributed by atoms with E-state index in [4.69, 9.17) is 0 Å². The van der Waals surface area contributed by atoms with Crippen LogP contribution in [-0.4, -0.2) is 33.3 Å². The Morgan fingerprint density at radius 3 is 2.81 bits per heavy atom. The van der Waals surface area contributed by atoms with Crippen molar-refractivity contribution in [3.63, 3.8) is 0 Å². The van der Waals surface area contributed by atoms with E-state index in [1.165, 1.54) is 42.1 Å². The highest BCUT2D eigenvalue weighted by Gasteiger charge is 2.27. The molecule has 9 heteroatoms. The van der Waals surface area contributed by atoms with E-state index in [2.05, 4.69) is 20.3 Å². The molecule has 7 nitrogen and oxygen atoms in total. The molecule has 3 heterocycles. The lowest BCUT2D eigenvalue weighted by Gasteiger charge is -2.18. The molecule has 0 spiro atoms. The van der Waals surface area contributed by atoms with Crippen molar-refractivity contribution in [3.8, 4) is 11.3 Å². The summed E-state index contributed by atoms with van der Waals surface area (Å²) in [5, 5.41) is 5.03. The van der Waals surface area contributed by atoms with E-state index >= 15 is 0 Å². The minimum absolute atomic E-state index is 0.0624. The maximum Gasteiger partial charge on any atom is 0.277 e. The Balaban J connectivity index is 1.35. The van der Waals surface area contributed by atoms with Crippen LogP contribution in [0.3, 0.4) is 0 Å². The summed E-state index contributed by atoms with van der Waals surface area (Å²) < 4.78 is 14.1. The molecule has 0 fully saturated rings. The number of aromatic nitrogens is 3. The van der Waals surface area contributed by atoms with Crippen molar-refractivity contribution >= 4 is 34.0 Å².